The molecule has 3 heterocycles. The summed E-state index contributed by atoms with van der Waals surface area (Å²) in [4.78, 5) is 15.7. The molecule has 1 fully saturated rings. The number of amides is 1. The van der Waals surface area contributed by atoms with E-state index in [1.54, 1.807) is 17.1 Å². The maximum absolute atomic E-state index is 13.5. The molecule has 20 heavy (non-hydrogen) atoms. The predicted octanol–water partition coefficient (Wildman–Crippen LogP) is 0.182. The van der Waals surface area contributed by atoms with Crippen LogP contribution in [-0.4, -0.2) is 45.1 Å². The molecule has 7 nitrogen and oxygen atoms in total. The van der Waals surface area contributed by atoms with Crippen LogP contribution in [0.5, 0.6) is 0 Å². The second-order valence-electron chi connectivity index (χ2n) is 4.42. The van der Waals surface area contributed by atoms with Crippen molar-refractivity contribution in [2.75, 3.05) is 13.2 Å². The van der Waals surface area contributed by atoms with Gasteiger partial charge in [0.2, 0.25) is 0 Å². The Labute approximate surface area is 113 Å². The summed E-state index contributed by atoms with van der Waals surface area (Å²) in [5.74, 6) is -1.15. The van der Waals surface area contributed by atoms with Crippen molar-refractivity contribution in [1.82, 2.24) is 25.3 Å². The largest absolute Gasteiger partial charge is 0.377 e. The van der Waals surface area contributed by atoms with Gasteiger partial charge in [-0.15, -0.1) is 5.10 Å². The zero-order valence-electron chi connectivity index (χ0n) is 10.4. The van der Waals surface area contributed by atoms with E-state index in [0.29, 0.717) is 13.2 Å². The molecule has 0 aliphatic carbocycles. The summed E-state index contributed by atoms with van der Waals surface area (Å²) in [5, 5.41) is 10.4. The SMILES string of the molecule is O=C(N[C@H]1COC[C@H]1n1ccnn1)c1ccncc1F. The fourth-order valence-corrected chi connectivity index (χ4v) is 2.14. The summed E-state index contributed by atoms with van der Waals surface area (Å²) >= 11 is 0. The van der Waals surface area contributed by atoms with Gasteiger partial charge in [0.1, 0.15) is 0 Å². The maximum atomic E-state index is 13.5. The lowest BCUT2D eigenvalue weighted by Gasteiger charge is -2.18. The number of pyridine rings is 1. The van der Waals surface area contributed by atoms with Crippen molar-refractivity contribution in [2.24, 2.45) is 0 Å². The molecule has 104 valence electrons. The first-order valence-corrected chi connectivity index (χ1v) is 6.09. The van der Waals surface area contributed by atoms with Gasteiger partial charge in [0.25, 0.3) is 5.91 Å². The fraction of sp³-hybridized carbons (Fsp3) is 0.333. The highest BCUT2D eigenvalue weighted by Gasteiger charge is 2.32. The number of nitrogens with one attached hydrogen (secondary N) is 1. The average molecular weight is 277 g/mol. The first-order chi connectivity index (χ1) is 9.75. The van der Waals surface area contributed by atoms with E-state index in [2.05, 4.69) is 20.6 Å². The smallest absolute Gasteiger partial charge is 0.254 e. The monoisotopic (exact) mass is 277 g/mol. The molecule has 0 radical (unpaired) electrons. The van der Waals surface area contributed by atoms with Crippen molar-refractivity contribution in [1.29, 1.82) is 0 Å². The van der Waals surface area contributed by atoms with E-state index in [1.807, 2.05) is 0 Å². The third kappa shape index (κ3) is 2.37. The molecule has 1 N–H and O–H groups in total. The van der Waals surface area contributed by atoms with Gasteiger partial charge in [0.05, 0.1) is 43.3 Å². The van der Waals surface area contributed by atoms with Gasteiger partial charge >= 0.3 is 0 Å². The molecule has 1 amide bonds. The van der Waals surface area contributed by atoms with E-state index in [4.69, 9.17) is 4.74 Å². The second kappa shape index (κ2) is 5.33. The van der Waals surface area contributed by atoms with Gasteiger partial charge in [-0.1, -0.05) is 5.21 Å². The molecular weight excluding hydrogens is 265 g/mol. The third-order valence-electron chi connectivity index (χ3n) is 3.16. The Morgan fingerprint density at radius 1 is 1.45 bits per heavy atom. The number of hydrogen-bond acceptors (Lipinski definition) is 5. The summed E-state index contributed by atoms with van der Waals surface area (Å²) in [6, 6.07) is 0.911. The second-order valence-corrected chi connectivity index (χ2v) is 4.42. The number of nitrogens with zero attached hydrogens (tertiary/aromatic N) is 4. The van der Waals surface area contributed by atoms with Crippen molar-refractivity contribution < 1.29 is 13.9 Å². The molecule has 0 bridgehead atoms. The number of ether oxygens (including phenoxy) is 1. The molecule has 1 saturated heterocycles. The molecule has 8 heteroatoms. The standard InChI is InChI=1S/C12H12FN5O2/c13-9-5-14-2-1-8(9)12(19)16-10-6-20-7-11(10)18-4-3-15-17-18/h1-5,10-11H,6-7H2,(H,16,19)/t10-,11+/m0/s1. The number of aromatic nitrogens is 4. The van der Waals surface area contributed by atoms with Crippen LogP contribution in [-0.2, 0) is 4.74 Å². The first kappa shape index (κ1) is 12.7. The van der Waals surface area contributed by atoms with E-state index in [-0.39, 0.29) is 17.6 Å². The van der Waals surface area contributed by atoms with Crippen molar-refractivity contribution in [3.05, 3.63) is 42.2 Å². The van der Waals surface area contributed by atoms with Gasteiger partial charge in [-0.25, -0.2) is 9.07 Å². The maximum Gasteiger partial charge on any atom is 0.254 e. The minimum absolute atomic E-state index is 0.0377. The van der Waals surface area contributed by atoms with Gasteiger partial charge < -0.3 is 10.1 Å². The van der Waals surface area contributed by atoms with Gasteiger partial charge in [0, 0.05) is 12.4 Å². The van der Waals surface area contributed by atoms with Crippen LogP contribution in [0.1, 0.15) is 16.4 Å². The molecular formula is C12H12FN5O2. The van der Waals surface area contributed by atoms with E-state index < -0.39 is 11.7 Å². The van der Waals surface area contributed by atoms with E-state index in [0.717, 1.165) is 6.20 Å². The summed E-state index contributed by atoms with van der Waals surface area (Å²) in [5.41, 5.74) is -0.0377. The lowest BCUT2D eigenvalue weighted by molar-refractivity contribution is 0.0920. The Hall–Kier alpha value is -2.35. The Morgan fingerprint density at radius 2 is 2.35 bits per heavy atom. The van der Waals surface area contributed by atoms with Gasteiger partial charge in [-0.2, -0.15) is 0 Å². The van der Waals surface area contributed by atoms with Crippen LogP contribution in [0.25, 0.3) is 0 Å². The van der Waals surface area contributed by atoms with Gasteiger partial charge in [0.15, 0.2) is 5.82 Å². The minimum atomic E-state index is -0.652. The average Bonchev–Trinajstić information content (AvgIpc) is 3.09. The van der Waals surface area contributed by atoms with Crippen LogP contribution in [0.4, 0.5) is 4.39 Å². The van der Waals surface area contributed by atoms with E-state index in [9.17, 15) is 9.18 Å². The quantitative estimate of drug-likeness (QED) is 0.865. The summed E-state index contributed by atoms with van der Waals surface area (Å²) in [7, 11) is 0. The van der Waals surface area contributed by atoms with Crippen molar-refractivity contribution in [3.63, 3.8) is 0 Å². The molecule has 1 aliphatic heterocycles. The first-order valence-electron chi connectivity index (χ1n) is 6.09. The molecule has 0 saturated carbocycles. The number of carbonyl (C=O) groups is 1. The Kier molecular flexibility index (Phi) is 3.38. The topological polar surface area (TPSA) is 81.9 Å². The van der Waals surface area contributed by atoms with Crippen molar-refractivity contribution in [3.8, 4) is 0 Å². The molecule has 1 aliphatic rings. The molecule has 2 aromatic rings. The molecule has 0 spiro atoms. The molecule has 0 unspecified atom stereocenters. The third-order valence-corrected chi connectivity index (χ3v) is 3.16. The molecule has 2 aromatic heterocycles. The number of hydrogen-bond donors (Lipinski definition) is 1. The van der Waals surface area contributed by atoms with Crippen molar-refractivity contribution in [2.45, 2.75) is 12.1 Å². The van der Waals surface area contributed by atoms with Gasteiger partial charge in [-0.05, 0) is 6.07 Å². The van der Waals surface area contributed by atoms with E-state index in [1.165, 1.54) is 12.3 Å². The number of halogens is 1. The summed E-state index contributed by atoms with van der Waals surface area (Å²) in [6.07, 6.45) is 5.64. The molecule has 3 rings (SSSR count). The summed E-state index contributed by atoms with van der Waals surface area (Å²) in [6.45, 7) is 0.774. The zero-order valence-corrected chi connectivity index (χ0v) is 10.4. The highest BCUT2D eigenvalue weighted by molar-refractivity contribution is 5.94. The van der Waals surface area contributed by atoms with Crippen molar-refractivity contribution >= 4 is 5.91 Å². The molecule has 2 atom stereocenters. The predicted molar refractivity (Wildman–Crippen MR) is 65.3 cm³/mol. The Balaban J connectivity index is 1.74. The van der Waals surface area contributed by atoms with Crippen LogP contribution in [0, 0.1) is 5.82 Å². The summed E-state index contributed by atoms with van der Waals surface area (Å²) < 4.78 is 20.5. The van der Waals surface area contributed by atoms with Crippen LogP contribution in [0.3, 0.4) is 0 Å². The highest BCUT2D eigenvalue weighted by atomic mass is 19.1. The zero-order chi connectivity index (χ0) is 13.9. The van der Waals surface area contributed by atoms with E-state index >= 15 is 0 Å². The van der Waals surface area contributed by atoms with Crippen LogP contribution in [0.2, 0.25) is 0 Å². The Bertz CT molecular complexity index is 604. The van der Waals surface area contributed by atoms with Crippen LogP contribution >= 0.6 is 0 Å². The molecule has 0 aromatic carbocycles. The van der Waals surface area contributed by atoms with Crippen LogP contribution in [0.15, 0.2) is 30.9 Å². The minimum Gasteiger partial charge on any atom is -0.377 e. The lowest BCUT2D eigenvalue weighted by Crippen LogP contribution is -2.41. The number of carbonyl (C=O) groups excluding carboxylic acids is 1. The fourth-order valence-electron chi connectivity index (χ4n) is 2.14. The van der Waals surface area contributed by atoms with Crippen LogP contribution < -0.4 is 5.32 Å². The Morgan fingerprint density at radius 3 is 3.10 bits per heavy atom. The number of rotatable bonds is 3. The van der Waals surface area contributed by atoms with Gasteiger partial charge in [-0.3, -0.25) is 9.78 Å². The lowest BCUT2D eigenvalue weighted by atomic mass is 10.1. The normalized spacial score (nSPS) is 21.9. The highest BCUT2D eigenvalue weighted by Crippen LogP contribution is 2.19.